The van der Waals surface area contributed by atoms with Crippen molar-refractivity contribution in [3.63, 3.8) is 0 Å². The number of carbonyl (C=O) groups excluding carboxylic acids is 1. The minimum Gasteiger partial charge on any atom is -0.366 e. The molecule has 5 rings (SSSR count). The average Bonchev–Trinajstić information content (AvgIpc) is 3.13. The smallest absolute Gasteiger partial charge is 0.250 e. The van der Waals surface area contributed by atoms with Crippen molar-refractivity contribution in [1.82, 2.24) is 14.9 Å². The maximum atomic E-state index is 11.6. The third-order valence-electron chi connectivity index (χ3n) is 5.34. The number of unbranched alkanes of at least 4 members (excludes halogenated alkanes) is 1. The van der Waals surface area contributed by atoms with Gasteiger partial charge in [-0.05, 0) is 43.9 Å². The van der Waals surface area contributed by atoms with Gasteiger partial charge in [-0.25, -0.2) is 4.98 Å². The van der Waals surface area contributed by atoms with Crippen molar-refractivity contribution in [1.29, 1.82) is 0 Å². The molecule has 3 aliphatic rings. The number of hydrogen-bond donors (Lipinski definition) is 2. The normalized spacial score (nSPS) is 27.2. The first-order valence-electron chi connectivity index (χ1n) is 8.18. The van der Waals surface area contributed by atoms with E-state index in [2.05, 4.69) is 16.8 Å². The van der Waals surface area contributed by atoms with E-state index in [0.717, 1.165) is 23.8 Å². The summed E-state index contributed by atoms with van der Waals surface area (Å²) in [7, 11) is 0. The van der Waals surface area contributed by atoms with E-state index in [-0.39, 0.29) is 5.54 Å². The first-order chi connectivity index (χ1) is 10.6. The Morgan fingerprint density at radius 3 is 3.05 bits per heavy atom. The number of aromatic amines is 1. The molecule has 3 heterocycles. The topological polar surface area (TPSA) is 75.0 Å². The third-order valence-corrected chi connectivity index (χ3v) is 5.34. The number of hydrogen-bond acceptors (Lipinski definition) is 3. The summed E-state index contributed by atoms with van der Waals surface area (Å²) in [6, 6.07) is 5.57. The largest absolute Gasteiger partial charge is 0.366 e. The quantitative estimate of drug-likeness (QED) is 0.890. The SMILES string of the molecule is CCCCN1CC2CC1(c1nc3c(C(N)=O)cccc3[nH]1)C2. The Hall–Kier alpha value is -1.88. The van der Waals surface area contributed by atoms with Gasteiger partial charge in [0.1, 0.15) is 11.3 Å². The Morgan fingerprint density at radius 2 is 2.32 bits per heavy atom. The molecule has 1 aromatic carbocycles. The Labute approximate surface area is 129 Å². The molecule has 0 spiro atoms. The molecular formula is C17H22N4O. The van der Waals surface area contributed by atoms with Crippen LogP contribution in [0.3, 0.4) is 0 Å². The fourth-order valence-corrected chi connectivity index (χ4v) is 4.22. The van der Waals surface area contributed by atoms with E-state index in [1.54, 1.807) is 6.07 Å². The number of nitrogens with one attached hydrogen (secondary N) is 1. The van der Waals surface area contributed by atoms with E-state index in [1.165, 1.54) is 32.2 Å². The second-order valence-electron chi connectivity index (χ2n) is 6.76. The predicted molar refractivity (Wildman–Crippen MR) is 85.5 cm³/mol. The molecule has 2 aliphatic heterocycles. The monoisotopic (exact) mass is 298 g/mol. The van der Waals surface area contributed by atoms with Crippen molar-refractivity contribution in [3.8, 4) is 0 Å². The van der Waals surface area contributed by atoms with Crippen LogP contribution in [-0.2, 0) is 5.54 Å². The van der Waals surface area contributed by atoms with Gasteiger partial charge in [0, 0.05) is 6.54 Å². The lowest BCUT2D eigenvalue weighted by atomic mass is 9.72. The molecule has 5 heteroatoms. The van der Waals surface area contributed by atoms with Gasteiger partial charge in [-0.2, -0.15) is 0 Å². The average molecular weight is 298 g/mol. The minimum absolute atomic E-state index is 0.0633. The highest BCUT2D eigenvalue weighted by atomic mass is 16.1. The number of carbonyl (C=O) groups is 1. The van der Waals surface area contributed by atoms with Crippen LogP contribution >= 0.6 is 0 Å². The molecule has 0 radical (unpaired) electrons. The van der Waals surface area contributed by atoms with E-state index in [9.17, 15) is 4.79 Å². The summed E-state index contributed by atoms with van der Waals surface area (Å²) in [5, 5.41) is 0. The van der Waals surface area contributed by atoms with E-state index < -0.39 is 5.91 Å². The van der Waals surface area contributed by atoms with Crippen LogP contribution in [0.15, 0.2) is 18.2 Å². The van der Waals surface area contributed by atoms with Crippen molar-refractivity contribution in [2.24, 2.45) is 11.7 Å². The molecule has 1 aromatic heterocycles. The number of fused-ring (bicyclic) bond motifs is 2. The number of amides is 1. The van der Waals surface area contributed by atoms with E-state index in [4.69, 9.17) is 10.7 Å². The second-order valence-corrected chi connectivity index (χ2v) is 6.76. The van der Waals surface area contributed by atoms with Gasteiger partial charge in [-0.3, -0.25) is 9.69 Å². The number of H-pyrrole nitrogens is 1. The molecule has 0 atom stereocenters. The summed E-state index contributed by atoms with van der Waals surface area (Å²) in [5.74, 6) is 1.41. The first-order valence-corrected chi connectivity index (χ1v) is 8.18. The van der Waals surface area contributed by atoms with Gasteiger partial charge in [-0.1, -0.05) is 19.4 Å². The molecule has 5 nitrogen and oxygen atoms in total. The molecule has 3 fully saturated rings. The standard InChI is InChI=1S/C17H22N4O/c1-2-3-7-21-10-11-8-17(21,9-11)16-19-13-6-4-5-12(15(18)22)14(13)20-16/h4-6,11H,2-3,7-10H2,1H3,(H2,18,22)(H,19,20). The number of primary amides is 1. The van der Waals surface area contributed by atoms with Crippen molar-refractivity contribution in [2.45, 2.75) is 38.1 Å². The Bertz CT molecular complexity index is 729. The van der Waals surface area contributed by atoms with Crippen molar-refractivity contribution >= 4 is 16.9 Å². The number of benzene rings is 1. The Kier molecular flexibility index (Phi) is 3.01. The fourth-order valence-electron chi connectivity index (χ4n) is 4.22. The van der Waals surface area contributed by atoms with Crippen LogP contribution in [0, 0.1) is 5.92 Å². The number of rotatable bonds is 5. The molecule has 3 N–H and O–H groups in total. The maximum absolute atomic E-state index is 11.6. The van der Waals surface area contributed by atoms with Crippen LogP contribution < -0.4 is 5.73 Å². The lowest BCUT2D eigenvalue weighted by Crippen LogP contribution is -2.44. The van der Waals surface area contributed by atoms with Crippen LogP contribution in [-0.4, -0.2) is 33.9 Å². The highest BCUT2D eigenvalue weighted by Gasteiger charge is 2.58. The van der Waals surface area contributed by atoms with Crippen LogP contribution in [0.1, 0.15) is 48.8 Å². The zero-order chi connectivity index (χ0) is 15.3. The highest BCUT2D eigenvalue weighted by molar-refractivity contribution is 6.04. The number of aromatic nitrogens is 2. The number of imidazole rings is 1. The lowest BCUT2D eigenvalue weighted by Gasteiger charge is -2.40. The van der Waals surface area contributed by atoms with Gasteiger partial charge in [0.2, 0.25) is 0 Å². The van der Waals surface area contributed by atoms with Crippen molar-refractivity contribution < 1.29 is 4.79 Å². The Morgan fingerprint density at radius 1 is 1.50 bits per heavy atom. The molecule has 2 bridgehead atoms. The van der Waals surface area contributed by atoms with Crippen LogP contribution in [0.5, 0.6) is 0 Å². The molecule has 2 aromatic rings. The van der Waals surface area contributed by atoms with Gasteiger partial charge in [0.15, 0.2) is 0 Å². The molecule has 116 valence electrons. The summed E-state index contributed by atoms with van der Waals surface area (Å²) < 4.78 is 0. The molecule has 1 amide bonds. The van der Waals surface area contributed by atoms with E-state index in [0.29, 0.717) is 11.1 Å². The second kappa shape index (κ2) is 4.81. The van der Waals surface area contributed by atoms with Gasteiger partial charge in [0.25, 0.3) is 5.91 Å². The zero-order valence-corrected chi connectivity index (χ0v) is 12.9. The zero-order valence-electron chi connectivity index (χ0n) is 12.9. The van der Waals surface area contributed by atoms with Gasteiger partial charge in [-0.15, -0.1) is 0 Å². The number of nitrogens with two attached hydrogens (primary N) is 1. The first kappa shape index (κ1) is 13.8. The molecule has 1 aliphatic carbocycles. The van der Waals surface area contributed by atoms with Crippen molar-refractivity contribution in [2.75, 3.05) is 13.1 Å². The van der Waals surface area contributed by atoms with Crippen LogP contribution in [0.25, 0.3) is 11.0 Å². The fraction of sp³-hybridized carbons (Fsp3) is 0.529. The van der Waals surface area contributed by atoms with E-state index in [1.807, 2.05) is 12.1 Å². The summed E-state index contributed by atoms with van der Waals surface area (Å²) in [5.41, 5.74) is 7.67. The molecule has 22 heavy (non-hydrogen) atoms. The third kappa shape index (κ3) is 1.81. The number of para-hydroxylation sites is 1. The summed E-state index contributed by atoms with van der Waals surface area (Å²) >= 11 is 0. The molecule has 0 unspecified atom stereocenters. The Balaban J connectivity index is 1.75. The summed E-state index contributed by atoms with van der Waals surface area (Å²) in [6.45, 7) is 4.54. The molecule has 2 saturated heterocycles. The van der Waals surface area contributed by atoms with Gasteiger partial charge in [0.05, 0.1) is 16.6 Å². The molecular weight excluding hydrogens is 276 g/mol. The highest BCUT2D eigenvalue weighted by Crippen LogP contribution is 2.56. The van der Waals surface area contributed by atoms with Crippen molar-refractivity contribution in [3.05, 3.63) is 29.6 Å². The van der Waals surface area contributed by atoms with Crippen LogP contribution in [0.2, 0.25) is 0 Å². The summed E-state index contributed by atoms with van der Waals surface area (Å²) in [6.07, 6.45) is 4.80. The maximum Gasteiger partial charge on any atom is 0.250 e. The minimum atomic E-state index is -0.415. The molecule has 1 saturated carbocycles. The number of nitrogens with zero attached hydrogens (tertiary/aromatic N) is 2. The lowest BCUT2D eigenvalue weighted by molar-refractivity contribution is 0.0957. The predicted octanol–water partition coefficient (Wildman–Crippen LogP) is 2.38. The van der Waals surface area contributed by atoms with Gasteiger partial charge < -0.3 is 10.7 Å². The van der Waals surface area contributed by atoms with Crippen LogP contribution in [0.4, 0.5) is 0 Å². The van der Waals surface area contributed by atoms with Gasteiger partial charge >= 0.3 is 0 Å². The summed E-state index contributed by atoms with van der Waals surface area (Å²) in [4.78, 5) is 22.4. The van der Waals surface area contributed by atoms with E-state index >= 15 is 0 Å².